The molecular weight excluding hydrogens is 610 g/mol. The molecule has 0 saturated heterocycles. The highest BCUT2D eigenvalue weighted by atomic mass is 16.6. The molecule has 0 rings (SSSR count). The van der Waals surface area contributed by atoms with Gasteiger partial charge in [-0.05, 0) is 84.5 Å². The second-order valence-corrected chi connectivity index (χ2v) is 14.5. The van der Waals surface area contributed by atoms with E-state index in [1.807, 2.05) is 0 Å². The van der Waals surface area contributed by atoms with Gasteiger partial charge < -0.3 is 20.3 Å². The molecular formula is C43H81NO5. The second-order valence-electron chi connectivity index (χ2n) is 14.5. The average molecular weight is 692 g/mol. The number of nitrogens with two attached hydrogens (primary N) is 1. The van der Waals surface area contributed by atoms with Crippen LogP contribution in [0.4, 0.5) is 0 Å². The van der Waals surface area contributed by atoms with E-state index in [1.54, 1.807) is 13.8 Å². The Morgan fingerprint density at radius 2 is 0.816 bits per heavy atom. The summed E-state index contributed by atoms with van der Waals surface area (Å²) in [6, 6.07) is 0. The maximum absolute atomic E-state index is 12.6. The van der Waals surface area contributed by atoms with Crippen LogP contribution in [0.1, 0.15) is 214 Å². The number of ether oxygens (including phenoxy) is 2. The number of rotatable bonds is 36. The van der Waals surface area contributed by atoms with Crippen LogP contribution in [0.3, 0.4) is 0 Å². The third-order valence-corrected chi connectivity index (χ3v) is 9.96. The zero-order chi connectivity index (χ0) is 36.3. The van der Waals surface area contributed by atoms with Crippen molar-refractivity contribution in [2.45, 2.75) is 232 Å². The number of aliphatic hydroxyl groups excluding tert-OH is 1. The molecule has 0 saturated carbocycles. The van der Waals surface area contributed by atoms with Gasteiger partial charge in [-0.25, -0.2) is 0 Å². The van der Waals surface area contributed by atoms with Crippen LogP contribution in [0.15, 0.2) is 24.3 Å². The zero-order valence-electron chi connectivity index (χ0n) is 32.8. The minimum Gasteiger partial charge on any atom is -0.461 e. The molecule has 0 spiro atoms. The fraction of sp³-hybridized carbons (Fsp3) is 0.860. The summed E-state index contributed by atoms with van der Waals surface area (Å²) in [6.07, 6.45) is 40.2. The number of hydrogen-bond donors (Lipinski definition) is 2. The lowest BCUT2D eigenvalue weighted by atomic mass is 9.85. The van der Waals surface area contributed by atoms with Crippen LogP contribution in [-0.2, 0) is 19.1 Å². The van der Waals surface area contributed by atoms with E-state index < -0.39 is 17.7 Å². The van der Waals surface area contributed by atoms with E-state index in [-0.39, 0.29) is 25.0 Å². The first-order valence-electron chi connectivity index (χ1n) is 20.9. The molecule has 2 atom stereocenters. The number of hydrogen-bond acceptors (Lipinski definition) is 6. The molecule has 0 aliphatic carbocycles. The van der Waals surface area contributed by atoms with E-state index in [1.165, 1.54) is 116 Å². The van der Waals surface area contributed by atoms with Gasteiger partial charge in [-0.3, -0.25) is 9.59 Å². The van der Waals surface area contributed by atoms with Crippen LogP contribution in [0, 0.1) is 0 Å². The number of allylic oxidation sites excluding steroid dienone is 4. The van der Waals surface area contributed by atoms with Crippen molar-refractivity contribution < 1.29 is 24.2 Å². The van der Waals surface area contributed by atoms with E-state index in [4.69, 9.17) is 15.2 Å². The first-order valence-corrected chi connectivity index (χ1v) is 20.9. The van der Waals surface area contributed by atoms with Gasteiger partial charge in [0, 0.05) is 19.4 Å². The normalized spacial score (nSPS) is 14.3. The predicted molar refractivity (Wildman–Crippen MR) is 209 cm³/mol. The highest BCUT2D eigenvalue weighted by molar-refractivity contribution is 5.70. The first kappa shape index (κ1) is 47.3. The van der Waals surface area contributed by atoms with Crippen molar-refractivity contribution in [3.05, 3.63) is 24.3 Å². The summed E-state index contributed by atoms with van der Waals surface area (Å²) in [7, 11) is 0. The molecule has 0 aromatic carbocycles. The van der Waals surface area contributed by atoms with Crippen molar-refractivity contribution >= 4 is 11.9 Å². The van der Waals surface area contributed by atoms with Crippen molar-refractivity contribution in [3.8, 4) is 0 Å². The van der Waals surface area contributed by atoms with Gasteiger partial charge in [-0.2, -0.15) is 0 Å². The molecule has 0 heterocycles. The highest BCUT2D eigenvalue weighted by Gasteiger charge is 2.42. The molecule has 288 valence electrons. The van der Waals surface area contributed by atoms with Crippen LogP contribution >= 0.6 is 0 Å². The van der Waals surface area contributed by atoms with Crippen molar-refractivity contribution in [1.82, 2.24) is 0 Å². The topological polar surface area (TPSA) is 98.8 Å². The molecule has 3 N–H and O–H groups in total. The second kappa shape index (κ2) is 34.8. The van der Waals surface area contributed by atoms with E-state index in [2.05, 4.69) is 38.2 Å². The Labute approximate surface area is 303 Å². The van der Waals surface area contributed by atoms with E-state index >= 15 is 0 Å². The van der Waals surface area contributed by atoms with Crippen LogP contribution < -0.4 is 5.73 Å². The lowest BCUT2D eigenvalue weighted by Gasteiger charge is -2.38. The summed E-state index contributed by atoms with van der Waals surface area (Å²) in [4.78, 5) is 25.2. The van der Waals surface area contributed by atoms with Gasteiger partial charge in [-0.15, -0.1) is 0 Å². The lowest BCUT2D eigenvalue weighted by molar-refractivity contribution is -0.163. The summed E-state index contributed by atoms with van der Waals surface area (Å²) < 4.78 is 11.4. The van der Waals surface area contributed by atoms with Gasteiger partial charge >= 0.3 is 11.9 Å². The zero-order valence-corrected chi connectivity index (χ0v) is 32.8. The van der Waals surface area contributed by atoms with Gasteiger partial charge in [0.2, 0.25) is 0 Å². The molecule has 2 unspecified atom stereocenters. The lowest BCUT2D eigenvalue weighted by Crippen LogP contribution is -2.60. The molecule has 0 aromatic heterocycles. The van der Waals surface area contributed by atoms with Gasteiger partial charge in [0.1, 0.15) is 12.2 Å². The van der Waals surface area contributed by atoms with E-state index in [9.17, 15) is 14.7 Å². The largest absolute Gasteiger partial charge is 0.461 e. The number of aliphatic hydroxyl groups is 1. The maximum atomic E-state index is 12.6. The number of carbonyl (C=O) groups excluding carboxylic acids is 2. The molecule has 0 aliphatic heterocycles. The summed E-state index contributed by atoms with van der Waals surface area (Å²) in [5.41, 5.74) is 5.49. The smallest absolute Gasteiger partial charge is 0.306 e. The monoisotopic (exact) mass is 692 g/mol. The standard InChI is InChI=1S/C43H81NO5/c1-5-7-9-11-13-15-17-19-21-23-25-27-29-31-33-35-41(46)48-39(3)43(44,37-38-45)40(4)49-42(47)36-34-32-30-28-26-24-22-20-18-16-14-12-10-8-6-2/h19-22,39-40,45H,5-18,23-38,44H2,1-4H3. The van der Waals surface area contributed by atoms with E-state index in [0.29, 0.717) is 12.8 Å². The fourth-order valence-corrected chi connectivity index (χ4v) is 6.34. The van der Waals surface area contributed by atoms with Gasteiger partial charge in [0.25, 0.3) is 0 Å². The highest BCUT2D eigenvalue weighted by Crippen LogP contribution is 2.24. The molecule has 0 aromatic rings. The predicted octanol–water partition coefficient (Wildman–Crippen LogP) is 12.0. The fourth-order valence-electron chi connectivity index (χ4n) is 6.34. The van der Waals surface area contributed by atoms with Crippen molar-refractivity contribution in [2.24, 2.45) is 5.73 Å². The summed E-state index contributed by atoms with van der Waals surface area (Å²) in [5.74, 6) is -0.575. The Morgan fingerprint density at radius 3 is 1.12 bits per heavy atom. The molecule has 0 radical (unpaired) electrons. The minimum atomic E-state index is -1.15. The molecule has 49 heavy (non-hydrogen) atoms. The third-order valence-electron chi connectivity index (χ3n) is 9.96. The Hall–Kier alpha value is -1.66. The molecule has 0 aliphatic rings. The van der Waals surface area contributed by atoms with Crippen LogP contribution in [0.5, 0.6) is 0 Å². The van der Waals surface area contributed by atoms with Gasteiger partial charge in [-0.1, -0.05) is 141 Å². The molecule has 0 amide bonds. The van der Waals surface area contributed by atoms with Crippen LogP contribution in [0.25, 0.3) is 0 Å². The molecule has 6 nitrogen and oxygen atoms in total. The SMILES string of the molecule is CCCCCCCCC=CCCCCCCCC(=O)OC(C)C(N)(CCO)C(C)OC(=O)CCCCCCCC=CCCCCCCCC. The Balaban J connectivity index is 4.06. The Kier molecular flexibility index (Phi) is 33.6. The third kappa shape index (κ3) is 28.7. The number of esters is 2. The summed E-state index contributed by atoms with van der Waals surface area (Å²) in [6.45, 7) is 7.81. The minimum absolute atomic E-state index is 0.177. The number of unbranched alkanes of at least 4 members (excludes halogenated alkanes) is 22. The maximum Gasteiger partial charge on any atom is 0.306 e. The van der Waals surface area contributed by atoms with Gasteiger partial charge in [0.05, 0.1) is 5.54 Å². The number of carbonyl (C=O) groups is 2. The van der Waals surface area contributed by atoms with Crippen molar-refractivity contribution in [2.75, 3.05) is 6.61 Å². The summed E-state index contributed by atoms with van der Waals surface area (Å²) in [5, 5.41) is 9.70. The van der Waals surface area contributed by atoms with Gasteiger partial charge in [0.15, 0.2) is 0 Å². The molecule has 0 fully saturated rings. The molecule has 6 heteroatoms. The van der Waals surface area contributed by atoms with Crippen molar-refractivity contribution in [3.63, 3.8) is 0 Å². The Bertz CT molecular complexity index is 750. The van der Waals surface area contributed by atoms with E-state index in [0.717, 1.165) is 51.4 Å². The van der Waals surface area contributed by atoms with Crippen LogP contribution in [0.2, 0.25) is 0 Å². The quantitative estimate of drug-likeness (QED) is 0.0385. The summed E-state index contributed by atoms with van der Waals surface area (Å²) >= 11 is 0. The Morgan fingerprint density at radius 1 is 0.531 bits per heavy atom. The average Bonchev–Trinajstić information content (AvgIpc) is 3.08. The van der Waals surface area contributed by atoms with Crippen molar-refractivity contribution in [1.29, 1.82) is 0 Å². The first-order chi connectivity index (χ1) is 23.8. The van der Waals surface area contributed by atoms with Crippen LogP contribution in [-0.4, -0.2) is 41.4 Å². The molecule has 0 bridgehead atoms.